The van der Waals surface area contributed by atoms with Crippen LogP contribution in [0.25, 0.3) is 0 Å². The predicted octanol–water partition coefficient (Wildman–Crippen LogP) is 3.75. The first-order chi connectivity index (χ1) is 6.20. The van der Waals surface area contributed by atoms with E-state index in [0.29, 0.717) is 0 Å². The van der Waals surface area contributed by atoms with E-state index in [2.05, 4.69) is 39.0 Å². The van der Waals surface area contributed by atoms with Crippen LogP contribution in [0.4, 0.5) is 0 Å². The Morgan fingerprint density at radius 1 is 1.15 bits per heavy atom. The van der Waals surface area contributed by atoms with Gasteiger partial charge in [-0.3, -0.25) is 0 Å². The van der Waals surface area contributed by atoms with Crippen LogP contribution in [0.3, 0.4) is 0 Å². The zero-order chi connectivity index (χ0) is 9.84. The lowest BCUT2D eigenvalue weighted by Gasteiger charge is -2.02. The number of aryl methyl sites for hydroxylation is 2. The van der Waals surface area contributed by atoms with Crippen LogP contribution in [-0.4, -0.2) is 8.40 Å². The van der Waals surface area contributed by atoms with Crippen LogP contribution in [0.1, 0.15) is 41.2 Å². The molecule has 0 bridgehead atoms. The third-order valence-corrected chi connectivity index (χ3v) is 7.81. The van der Waals surface area contributed by atoms with Crippen LogP contribution in [0.2, 0.25) is 0 Å². The molecular formula is C11H20SSi. The highest BCUT2D eigenvalue weighted by molar-refractivity contribution is 7.17. The molecule has 13 heavy (non-hydrogen) atoms. The van der Waals surface area contributed by atoms with Crippen molar-refractivity contribution in [3.8, 4) is 0 Å². The fourth-order valence-corrected chi connectivity index (χ4v) is 7.32. The molecule has 1 rings (SSSR count). The second kappa shape index (κ2) is 5.06. The molecule has 0 amide bonds. The highest BCUT2D eigenvalue weighted by Gasteiger charge is 2.11. The van der Waals surface area contributed by atoms with E-state index in [1.54, 1.807) is 9.37 Å². The van der Waals surface area contributed by atoms with E-state index in [-0.39, 0.29) is 8.40 Å². The highest BCUT2D eigenvalue weighted by Crippen LogP contribution is 2.22. The lowest BCUT2D eigenvalue weighted by molar-refractivity contribution is 0.924. The first-order valence-corrected chi connectivity index (χ1v) is 7.80. The van der Waals surface area contributed by atoms with E-state index in [1.807, 2.05) is 5.17 Å². The Bertz CT molecular complexity index is 249. The van der Waals surface area contributed by atoms with Crippen molar-refractivity contribution >= 4 is 19.7 Å². The Morgan fingerprint density at radius 2 is 1.85 bits per heavy atom. The van der Waals surface area contributed by atoms with Crippen molar-refractivity contribution in [3.63, 3.8) is 0 Å². The van der Waals surface area contributed by atoms with Crippen molar-refractivity contribution in [2.24, 2.45) is 0 Å². The molecule has 1 heterocycles. The molecule has 0 aliphatic rings. The number of hydrogen-bond donors (Lipinski definition) is 0. The summed E-state index contributed by atoms with van der Waals surface area (Å²) < 4.78 is 1.73. The molecule has 0 unspecified atom stereocenters. The summed E-state index contributed by atoms with van der Waals surface area (Å²) in [6.07, 6.45) is 4.02. The average Bonchev–Trinajstić information content (AvgIpc) is 2.33. The maximum absolute atomic E-state index is 2.35. The van der Waals surface area contributed by atoms with Crippen LogP contribution in [0.5, 0.6) is 0 Å². The molecule has 0 aliphatic heterocycles. The molecule has 0 saturated carbocycles. The van der Waals surface area contributed by atoms with Crippen LogP contribution in [-0.2, 0) is 12.5 Å². The van der Waals surface area contributed by atoms with Gasteiger partial charge in [0.2, 0.25) is 0 Å². The summed E-state index contributed by atoms with van der Waals surface area (Å²) in [7, 11) is -0.231. The van der Waals surface area contributed by atoms with Gasteiger partial charge in [-0.15, -0.1) is 0 Å². The molecule has 0 aromatic carbocycles. The average molecular weight is 212 g/mol. The zero-order valence-corrected chi connectivity index (χ0v) is 11.1. The van der Waals surface area contributed by atoms with E-state index in [9.17, 15) is 0 Å². The third-order valence-electron chi connectivity index (χ3n) is 2.52. The Hall–Kier alpha value is 0.0469. The topological polar surface area (TPSA) is 0 Å². The largest absolute Gasteiger partial charge is 0.151 e. The van der Waals surface area contributed by atoms with Gasteiger partial charge in [0.25, 0.3) is 0 Å². The van der Waals surface area contributed by atoms with Gasteiger partial charge in [-0.05, 0) is 36.0 Å². The van der Waals surface area contributed by atoms with Crippen molar-refractivity contribution in [3.05, 3.63) is 14.5 Å². The van der Waals surface area contributed by atoms with Gasteiger partial charge in [0.1, 0.15) is 0 Å². The van der Waals surface area contributed by atoms with E-state index < -0.39 is 0 Å². The summed E-state index contributed by atoms with van der Waals surface area (Å²) in [4.78, 5) is 1.63. The highest BCUT2D eigenvalue weighted by atomic mass is 32.1. The molecule has 0 radical (unpaired) electrons. The quantitative estimate of drug-likeness (QED) is 0.667. The monoisotopic (exact) mass is 212 g/mol. The van der Waals surface area contributed by atoms with E-state index >= 15 is 0 Å². The van der Waals surface area contributed by atoms with Crippen LogP contribution < -0.4 is 0 Å². The van der Waals surface area contributed by atoms with Crippen LogP contribution in [0.15, 0.2) is 0 Å². The van der Waals surface area contributed by atoms with Gasteiger partial charge in [0.05, 0.1) is 8.40 Å². The maximum atomic E-state index is 2.35. The van der Waals surface area contributed by atoms with Crippen molar-refractivity contribution in [1.29, 1.82) is 0 Å². The molecule has 0 atom stereocenters. The molecule has 2 heteroatoms. The number of rotatable bonds is 4. The van der Waals surface area contributed by atoms with Gasteiger partial charge in [0.15, 0.2) is 0 Å². The van der Waals surface area contributed by atoms with E-state index in [4.69, 9.17) is 0 Å². The lowest BCUT2D eigenvalue weighted by atomic mass is 10.3. The zero-order valence-electron chi connectivity index (χ0n) is 9.24. The minimum absolute atomic E-state index is 0.231. The van der Waals surface area contributed by atoms with E-state index in [1.165, 1.54) is 25.3 Å². The maximum Gasteiger partial charge on any atom is 0.0577 e. The molecule has 1 aromatic heterocycles. The number of hydrogen-bond acceptors (Lipinski definition) is 1. The van der Waals surface area contributed by atoms with Crippen LogP contribution in [0, 0.1) is 13.8 Å². The van der Waals surface area contributed by atoms with Crippen molar-refractivity contribution in [2.45, 2.75) is 53.0 Å². The smallest absolute Gasteiger partial charge is 0.0577 e. The molecule has 0 aliphatic carbocycles. The second-order valence-corrected chi connectivity index (χ2v) is 8.27. The van der Waals surface area contributed by atoms with E-state index in [0.717, 1.165) is 0 Å². The van der Waals surface area contributed by atoms with Gasteiger partial charge in [-0.25, -0.2) is 0 Å². The van der Waals surface area contributed by atoms with Gasteiger partial charge in [-0.2, -0.15) is 11.3 Å². The first-order valence-electron chi connectivity index (χ1n) is 5.28. The van der Waals surface area contributed by atoms with Gasteiger partial charge < -0.3 is 0 Å². The molecule has 0 N–H and O–H groups in total. The predicted molar refractivity (Wildman–Crippen MR) is 64.0 cm³/mol. The molecule has 0 spiro atoms. The Labute approximate surface area is 87.5 Å². The first kappa shape index (κ1) is 11.1. The second-order valence-electron chi connectivity index (χ2n) is 3.67. The molecule has 74 valence electrons. The summed E-state index contributed by atoms with van der Waals surface area (Å²) in [5, 5.41) is 1.83. The summed E-state index contributed by atoms with van der Waals surface area (Å²) in [6, 6.07) is 1.45. The molecule has 0 saturated heterocycles. The van der Waals surface area contributed by atoms with Gasteiger partial charge in [0, 0.05) is 4.88 Å². The fourth-order valence-electron chi connectivity index (χ4n) is 1.93. The van der Waals surface area contributed by atoms with Crippen molar-refractivity contribution < 1.29 is 0 Å². The van der Waals surface area contributed by atoms with Crippen molar-refractivity contribution in [2.75, 3.05) is 0 Å². The van der Waals surface area contributed by atoms with Gasteiger partial charge in [-0.1, -0.05) is 26.7 Å². The molecule has 1 aromatic rings. The van der Waals surface area contributed by atoms with Crippen LogP contribution >= 0.6 is 11.3 Å². The Kier molecular flexibility index (Phi) is 4.33. The summed E-state index contributed by atoms with van der Waals surface area (Å²) in [5.74, 6) is 0. The van der Waals surface area contributed by atoms with Crippen molar-refractivity contribution in [1.82, 2.24) is 0 Å². The summed E-state index contributed by atoms with van der Waals surface area (Å²) in [5.41, 5.74) is 0. The third kappa shape index (κ3) is 2.50. The lowest BCUT2D eigenvalue weighted by Crippen LogP contribution is -2.06. The molecule has 0 nitrogen and oxygen atoms in total. The summed E-state index contributed by atoms with van der Waals surface area (Å²) >= 11 is 2.06. The SMILES string of the molecule is CCCc1c(C)sc(C)[si]1CCC. The Balaban J connectivity index is 2.98. The molecule has 0 fully saturated rings. The minimum Gasteiger partial charge on any atom is -0.151 e. The normalized spacial score (nSPS) is 10.8. The molecular weight excluding hydrogens is 192 g/mol. The summed E-state index contributed by atoms with van der Waals surface area (Å²) in [6.45, 7) is 9.27. The fraction of sp³-hybridized carbons (Fsp3) is 0.727. The van der Waals surface area contributed by atoms with Gasteiger partial charge >= 0.3 is 0 Å². The minimum atomic E-state index is -0.231. The standard InChI is InChI=1S/C11H20SSi/c1-5-7-11-9(3)12-10(4)13(11)8-6-2/h5-8H2,1-4H3. The Morgan fingerprint density at radius 3 is 2.38 bits per heavy atom.